The molecule has 122 valence electrons. The van der Waals surface area contributed by atoms with E-state index in [-0.39, 0.29) is 18.0 Å². The molecule has 1 aliphatic heterocycles. The van der Waals surface area contributed by atoms with Gasteiger partial charge in [0.25, 0.3) is 5.91 Å². The topological polar surface area (TPSA) is 105 Å². The van der Waals surface area contributed by atoms with Gasteiger partial charge in [-0.05, 0) is 24.1 Å². The number of hydrogen-bond donors (Lipinski definition) is 2. The number of benzene rings is 1. The molecule has 0 atom stereocenters. The number of aromatic nitrogens is 2. The predicted octanol–water partition coefficient (Wildman–Crippen LogP) is 0.847. The minimum Gasteiger partial charge on any atom is -0.506 e. The summed E-state index contributed by atoms with van der Waals surface area (Å²) in [7, 11) is -3.96. The van der Waals surface area contributed by atoms with E-state index < -0.39 is 16.1 Å². The number of amides is 1. The van der Waals surface area contributed by atoms with E-state index >= 15 is 0 Å². The van der Waals surface area contributed by atoms with E-state index in [9.17, 15) is 18.3 Å². The number of hydrogen-bond acceptors (Lipinski definition) is 5. The van der Waals surface area contributed by atoms with Crippen molar-refractivity contribution in [1.82, 2.24) is 14.5 Å². The molecule has 2 aromatic rings. The summed E-state index contributed by atoms with van der Waals surface area (Å²) in [4.78, 5) is 11.4. The molecule has 2 N–H and O–H groups in total. The van der Waals surface area contributed by atoms with Crippen molar-refractivity contribution in [3.63, 3.8) is 0 Å². The van der Waals surface area contributed by atoms with Gasteiger partial charge in [-0.3, -0.25) is 9.48 Å². The molecule has 2 heterocycles. The quantitative estimate of drug-likeness (QED) is 0.861. The molecule has 8 nitrogen and oxygen atoms in total. The van der Waals surface area contributed by atoms with Crippen LogP contribution in [0.5, 0.6) is 5.75 Å². The minimum atomic E-state index is -3.96. The average Bonchev–Trinajstić information content (AvgIpc) is 3.04. The summed E-state index contributed by atoms with van der Waals surface area (Å²) in [5.41, 5.74) is 1.56. The highest BCUT2D eigenvalue weighted by molar-refractivity contribution is 7.92. The van der Waals surface area contributed by atoms with Crippen molar-refractivity contribution in [1.29, 1.82) is 0 Å². The van der Waals surface area contributed by atoms with Gasteiger partial charge in [-0.2, -0.15) is 13.5 Å². The second kappa shape index (κ2) is 5.58. The monoisotopic (exact) mass is 336 g/mol. The second-order valence-corrected chi connectivity index (χ2v) is 6.83. The van der Waals surface area contributed by atoms with Crippen LogP contribution in [0.3, 0.4) is 0 Å². The maximum atomic E-state index is 11.9. The lowest BCUT2D eigenvalue weighted by Gasteiger charge is -2.16. The highest BCUT2D eigenvalue weighted by Crippen LogP contribution is 2.34. The van der Waals surface area contributed by atoms with Gasteiger partial charge in [0.05, 0.1) is 11.9 Å². The molecule has 1 aromatic heterocycles. The normalized spacial score (nSPS) is 16.6. The number of phenols is 1. The molecule has 0 radical (unpaired) electrons. The first kappa shape index (κ1) is 15.3. The van der Waals surface area contributed by atoms with Crippen LogP contribution >= 0.6 is 0 Å². The Hall–Kier alpha value is -2.55. The molecule has 1 aliphatic rings. The van der Waals surface area contributed by atoms with Gasteiger partial charge in [0.2, 0.25) is 0 Å². The van der Waals surface area contributed by atoms with Crippen LogP contribution in [0, 0.1) is 0 Å². The zero-order valence-electron chi connectivity index (χ0n) is 12.4. The molecular formula is C14H16N4O4S. The maximum absolute atomic E-state index is 11.9. The Morgan fingerprint density at radius 2 is 2.13 bits per heavy atom. The Morgan fingerprint density at radius 1 is 1.35 bits per heavy atom. The first-order valence-corrected chi connectivity index (χ1v) is 8.54. The predicted molar refractivity (Wildman–Crippen MR) is 84.0 cm³/mol. The molecule has 9 heteroatoms. The summed E-state index contributed by atoms with van der Waals surface area (Å²) in [6.45, 7) is 2.47. The van der Waals surface area contributed by atoms with E-state index in [0.717, 1.165) is 22.8 Å². The summed E-state index contributed by atoms with van der Waals surface area (Å²) >= 11 is 0. The number of rotatable bonds is 4. The number of nitrogens with zero attached hydrogens (tertiary/aromatic N) is 3. The van der Waals surface area contributed by atoms with Crippen molar-refractivity contribution in [3.8, 4) is 16.9 Å². The first-order chi connectivity index (χ1) is 10.9. The van der Waals surface area contributed by atoms with E-state index in [1.165, 1.54) is 12.1 Å². The molecule has 1 amide bonds. The zero-order chi connectivity index (χ0) is 16.6. The van der Waals surface area contributed by atoms with Gasteiger partial charge in [0.1, 0.15) is 12.3 Å². The Bertz CT molecular complexity index is 859. The van der Waals surface area contributed by atoms with Gasteiger partial charge in [0, 0.05) is 18.3 Å². The SMILES string of the molecule is CCCn1cc(-c2ccc(O)c(N3CC(=O)NS3(=O)=O)c2)cn1. The third-order valence-electron chi connectivity index (χ3n) is 3.48. The number of anilines is 1. The molecule has 0 bridgehead atoms. The summed E-state index contributed by atoms with van der Waals surface area (Å²) in [6.07, 6.45) is 4.47. The standard InChI is InChI=1S/C14H16N4O4S/c1-2-5-17-8-11(7-15-17)10-3-4-13(19)12(6-10)18-9-14(20)16-23(18,21)22/h3-4,6-8,19H,2,5,9H2,1H3,(H,16,20). The molecule has 0 unspecified atom stereocenters. The van der Waals surface area contributed by atoms with Gasteiger partial charge >= 0.3 is 10.2 Å². The molecule has 0 aliphatic carbocycles. The van der Waals surface area contributed by atoms with Gasteiger partial charge in [0.15, 0.2) is 0 Å². The number of aromatic hydroxyl groups is 1. The van der Waals surface area contributed by atoms with Gasteiger partial charge in [-0.1, -0.05) is 13.0 Å². The fourth-order valence-electron chi connectivity index (χ4n) is 2.43. The Kier molecular flexibility index (Phi) is 3.72. The van der Waals surface area contributed by atoms with Crippen LogP contribution in [-0.4, -0.2) is 35.8 Å². The van der Waals surface area contributed by atoms with Crippen LogP contribution in [0.25, 0.3) is 11.1 Å². The van der Waals surface area contributed by atoms with E-state index in [1.54, 1.807) is 16.9 Å². The van der Waals surface area contributed by atoms with E-state index in [4.69, 9.17) is 0 Å². The van der Waals surface area contributed by atoms with Crippen molar-refractivity contribution >= 4 is 21.8 Å². The molecule has 1 saturated heterocycles. The largest absolute Gasteiger partial charge is 0.506 e. The van der Waals surface area contributed by atoms with Crippen LogP contribution in [-0.2, 0) is 21.5 Å². The van der Waals surface area contributed by atoms with Gasteiger partial charge < -0.3 is 5.11 Å². The van der Waals surface area contributed by atoms with E-state index in [2.05, 4.69) is 5.10 Å². The van der Waals surface area contributed by atoms with Crippen LogP contribution in [0.1, 0.15) is 13.3 Å². The van der Waals surface area contributed by atoms with Crippen LogP contribution in [0.2, 0.25) is 0 Å². The highest BCUT2D eigenvalue weighted by atomic mass is 32.2. The Morgan fingerprint density at radius 3 is 2.78 bits per heavy atom. The number of carbonyl (C=O) groups excluding carboxylic acids is 1. The summed E-state index contributed by atoms with van der Waals surface area (Å²) < 4.78 is 28.4. The molecule has 23 heavy (non-hydrogen) atoms. The number of carbonyl (C=O) groups is 1. The highest BCUT2D eigenvalue weighted by Gasteiger charge is 2.35. The molecule has 3 rings (SSSR count). The van der Waals surface area contributed by atoms with Crippen molar-refractivity contribution < 1.29 is 18.3 Å². The third kappa shape index (κ3) is 2.87. The third-order valence-corrected chi connectivity index (χ3v) is 4.88. The maximum Gasteiger partial charge on any atom is 0.326 e. The number of phenolic OH excluding ortho intramolecular Hbond substituents is 1. The molecular weight excluding hydrogens is 320 g/mol. The minimum absolute atomic E-state index is 0.0593. The lowest BCUT2D eigenvalue weighted by molar-refractivity contribution is -0.117. The van der Waals surface area contributed by atoms with Gasteiger partial charge in [-0.25, -0.2) is 9.03 Å². The van der Waals surface area contributed by atoms with Crippen LogP contribution in [0.15, 0.2) is 30.6 Å². The zero-order valence-corrected chi connectivity index (χ0v) is 13.2. The average molecular weight is 336 g/mol. The second-order valence-electron chi connectivity index (χ2n) is 5.23. The lowest BCUT2D eigenvalue weighted by Crippen LogP contribution is -2.29. The van der Waals surface area contributed by atoms with E-state index in [0.29, 0.717) is 5.56 Å². The van der Waals surface area contributed by atoms with E-state index in [1.807, 2.05) is 17.8 Å². The summed E-state index contributed by atoms with van der Waals surface area (Å²) in [5, 5.41) is 14.2. The Balaban J connectivity index is 2.01. The summed E-state index contributed by atoms with van der Waals surface area (Å²) in [5.74, 6) is -0.847. The number of nitrogens with one attached hydrogen (secondary N) is 1. The van der Waals surface area contributed by atoms with Crippen LogP contribution in [0.4, 0.5) is 5.69 Å². The van der Waals surface area contributed by atoms with Gasteiger partial charge in [-0.15, -0.1) is 0 Å². The smallest absolute Gasteiger partial charge is 0.326 e. The van der Waals surface area contributed by atoms with Crippen molar-refractivity contribution in [2.75, 3.05) is 10.8 Å². The fraction of sp³-hybridized carbons (Fsp3) is 0.286. The van der Waals surface area contributed by atoms with Crippen molar-refractivity contribution in [2.24, 2.45) is 0 Å². The molecule has 0 saturated carbocycles. The number of aryl methyl sites for hydroxylation is 1. The Labute approximate surface area is 133 Å². The molecule has 1 fully saturated rings. The summed E-state index contributed by atoms with van der Waals surface area (Å²) in [6, 6.07) is 4.60. The molecule has 0 spiro atoms. The van der Waals surface area contributed by atoms with Crippen molar-refractivity contribution in [2.45, 2.75) is 19.9 Å². The van der Waals surface area contributed by atoms with Crippen molar-refractivity contribution in [3.05, 3.63) is 30.6 Å². The first-order valence-electron chi connectivity index (χ1n) is 7.10. The lowest BCUT2D eigenvalue weighted by atomic mass is 10.1. The molecule has 1 aromatic carbocycles. The fourth-order valence-corrected chi connectivity index (χ4v) is 3.58. The van der Waals surface area contributed by atoms with Crippen LogP contribution < -0.4 is 9.03 Å².